The van der Waals surface area contributed by atoms with E-state index in [0.717, 1.165) is 31.2 Å². The molecule has 1 aliphatic carbocycles. The van der Waals surface area contributed by atoms with Crippen LogP contribution in [0.4, 0.5) is 8.78 Å². The van der Waals surface area contributed by atoms with E-state index in [1.165, 1.54) is 47.3 Å². The Balaban J connectivity index is 1.67. The lowest BCUT2D eigenvalue weighted by atomic mass is 9.95. The van der Waals surface area contributed by atoms with Crippen LogP contribution in [-0.2, 0) is 21.9 Å². The highest BCUT2D eigenvalue weighted by Gasteiger charge is 2.28. The minimum atomic E-state index is -0.692. The second kappa shape index (κ2) is 12.4. The van der Waals surface area contributed by atoms with Gasteiger partial charge in [-0.1, -0.05) is 49.1 Å². The van der Waals surface area contributed by atoms with Gasteiger partial charge in [0.25, 0.3) is 0 Å². The van der Waals surface area contributed by atoms with Crippen molar-refractivity contribution < 1.29 is 18.4 Å². The SMILES string of the molecule is C[C@H](C(=O)NC1CCCCC1)N(Cc1ccc(F)cc1)C(=O)CSCc1c(F)cccc1Cl. The molecule has 0 aromatic heterocycles. The fourth-order valence-electron chi connectivity index (χ4n) is 3.93. The molecule has 2 aromatic carbocycles. The Morgan fingerprint density at radius 3 is 2.48 bits per heavy atom. The Morgan fingerprint density at radius 2 is 1.82 bits per heavy atom. The predicted octanol–water partition coefficient (Wildman–Crippen LogP) is 5.72. The molecule has 1 N–H and O–H groups in total. The second-order valence-electron chi connectivity index (χ2n) is 8.36. The molecule has 8 heteroatoms. The van der Waals surface area contributed by atoms with Gasteiger partial charge in [-0.3, -0.25) is 9.59 Å². The zero-order chi connectivity index (χ0) is 23.8. The van der Waals surface area contributed by atoms with Gasteiger partial charge in [0.1, 0.15) is 17.7 Å². The lowest BCUT2D eigenvalue weighted by Crippen LogP contribution is -2.50. The summed E-state index contributed by atoms with van der Waals surface area (Å²) in [5, 5.41) is 3.40. The highest BCUT2D eigenvalue weighted by atomic mass is 35.5. The van der Waals surface area contributed by atoms with Crippen molar-refractivity contribution in [1.29, 1.82) is 0 Å². The molecule has 1 fully saturated rings. The van der Waals surface area contributed by atoms with Crippen LogP contribution in [-0.4, -0.2) is 34.6 Å². The molecule has 1 aliphatic rings. The monoisotopic (exact) mass is 494 g/mol. The Labute approximate surface area is 203 Å². The molecule has 0 aliphatic heterocycles. The summed E-state index contributed by atoms with van der Waals surface area (Å²) < 4.78 is 27.4. The molecule has 0 radical (unpaired) electrons. The summed E-state index contributed by atoms with van der Waals surface area (Å²) in [4.78, 5) is 27.6. The highest BCUT2D eigenvalue weighted by molar-refractivity contribution is 7.99. The molecule has 178 valence electrons. The Bertz CT molecular complexity index is 932. The standard InChI is InChI=1S/C25H29ClF2N2O2S/c1-17(25(32)29-20-6-3-2-4-7-20)30(14-18-10-12-19(27)13-11-18)24(31)16-33-15-21-22(26)8-5-9-23(21)28/h5,8-13,17,20H,2-4,6-7,14-16H2,1H3,(H,29,32)/t17-/m1/s1. The number of hydrogen-bond acceptors (Lipinski definition) is 3. The Hall–Kier alpha value is -2.12. The van der Waals surface area contributed by atoms with Crippen LogP contribution in [0.1, 0.15) is 50.2 Å². The fourth-order valence-corrected chi connectivity index (χ4v) is 5.18. The van der Waals surface area contributed by atoms with Crippen LogP contribution in [0.5, 0.6) is 0 Å². The molecule has 0 saturated heterocycles. The number of carbonyl (C=O) groups is 2. The number of amides is 2. The molecule has 0 unspecified atom stereocenters. The molecular weight excluding hydrogens is 466 g/mol. The van der Waals surface area contributed by atoms with E-state index in [4.69, 9.17) is 11.6 Å². The van der Waals surface area contributed by atoms with Gasteiger partial charge < -0.3 is 10.2 Å². The molecule has 0 spiro atoms. The third kappa shape index (κ3) is 7.44. The molecule has 3 rings (SSSR count). The summed E-state index contributed by atoms with van der Waals surface area (Å²) in [7, 11) is 0. The summed E-state index contributed by atoms with van der Waals surface area (Å²) in [6.07, 6.45) is 5.26. The maximum Gasteiger partial charge on any atom is 0.242 e. The molecule has 1 saturated carbocycles. The number of nitrogens with zero attached hydrogens (tertiary/aromatic N) is 1. The lowest BCUT2D eigenvalue weighted by Gasteiger charge is -2.31. The maximum absolute atomic E-state index is 14.0. The van der Waals surface area contributed by atoms with Gasteiger partial charge in [-0.25, -0.2) is 8.78 Å². The third-order valence-electron chi connectivity index (χ3n) is 5.92. The van der Waals surface area contributed by atoms with E-state index >= 15 is 0 Å². The number of carbonyl (C=O) groups excluding carboxylic acids is 2. The van der Waals surface area contributed by atoms with Crippen LogP contribution in [0.25, 0.3) is 0 Å². The third-order valence-corrected chi connectivity index (χ3v) is 7.22. The van der Waals surface area contributed by atoms with E-state index in [0.29, 0.717) is 10.6 Å². The number of benzene rings is 2. The van der Waals surface area contributed by atoms with Crippen molar-refractivity contribution in [3.8, 4) is 0 Å². The van der Waals surface area contributed by atoms with Gasteiger partial charge in [0.2, 0.25) is 11.8 Å². The lowest BCUT2D eigenvalue weighted by molar-refractivity contribution is -0.139. The molecule has 2 aromatic rings. The topological polar surface area (TPSA) is 49.4 Å². The average Bonchev–Trinajstić information content (AvgIpc) is 2.80. The summed E-state index contributed by atoms with van der Waals surface area (Å²) in [6.45, 7) is 1.89. The highest BCUT2D eigenvalue weighted by Crippen LogP contribution is 2.25. The van der Waals surface area contributed by atoms with Crippen LogP contribution >= 0.6 is 23.4 Å². The van der Waals surface area contributed by atoms with Crippen LogP contribution in [0.15, 0.2) is 42.5 Å². The van der Waals surface area contributed by atoms with Crippen molar-refractivity contribution in [2.45, 2.75) is 63.4 Å². The first-order valence-electron chi connectivity index (χ1n) is 11.2. The zero-order valence-corrected chi connectivity index (χ0v) is 20.2. The molecule has 2 amide bonds. The smallest absolute Gasteiger partial charge is 0.242 e. The molecule has 0 bridgehead atoms. The normalized spacial score (nSPS) is 15.2. The molecule has 1 atom stereocenters. The van der Waals surface area contributed by atoms with Crippen molar-refractivity contribution in [3.05, 3.63) is 70.2 Å². The number of hydrogen-bond donors (Lipinski definition) is 1. The molecular formula is C25H29ClF2N2O2S. The average molecular weight is 495 g/mol. The minimum Gasteiger partial charge on any atom is -0.352 e. The molecule has 33 heavy (non-hydrogen) atoms. The maximum atomic E-state index is 14.0. The summed E-state index contributed by atoms with van der Waals surface area (Å²) in [6, 6.07) is 9.80. The van der Waals surface area contributed by atoms with Crippen molar-refractivity contribution >= 4 is 35.2 Å². The zero-order valence-electron chi connectivity index (χ0n) is 18.7. The van der Waals surface area contributed by atoms with Gasteiger partial charge in [-0.15, -0.1) is 11.8 Å². The number of halogens is 3. The van der Waals surface area contributed by atoms with E-state index < -0.39 is 11.9 Å². The first kappa shape index (κ1) is 25.5. The minimum absolute atomic E-state index is 0.0624. The van der Waals surface area contributed by atoms with Gasteiger partial charge in [0.05, 0.1) is 5.75 Å². The van der Waals surface area contributed by atoms with Crippen LogP contribution < -0.4 is 5.32 Å². The van der Waals surface area contributed by atoms with Crippen molar-refractivity contribution in [2.24, 2.45) is 0 Å². The van der Waals surface area contributed by atoms with Crippen LogP contribution in [0.3, 0.4) is 0 Å². The number of rotatable bonds is 9. The van der Waals surface area contributed by atoms with E-state index in [1.807, 2.05) is 0 Å². The first-order chi connectivity index (χ1) is 15.8. The summed E-state index contributed by atoms with van der Waals surface area (Å²) >= 11 is 7.32. The number of thioether (sulfide) groups is 1. The Kier molecular flexibility index (Phi) is 9.56. The van der Waals surface area contributed by atoms with Gasteiger partial charge >= 0.3 is 0 Å². The van der Waals surface area contributed by atoms with Gasteiger partial charge in [0, 0.05) is 28.9 Å². The summed E-state index contributed by atoms with van der Waals surface area (Å²) in [5.41, 5.74) is 1.08. The van der Waals surface area contributed by atoms with E-state index in [9.17, 15) is 18.4 Å². The van der Waals surface area contributed by atoms with Crippen molar-refractivity contribution in [1.82, 2.24) is 10.2 Å². The van der Waals surface area contributed by atoms with Gasteiger partial charge in [-0.05, 0) is 49.6 Å². The van der Waals surface area contributed by atoms with Gasteiger partial charge in [0.15, 0.2) is 0 Å². The van der Waals surface area contributed by atoms with Crippen molar-refractivity contribution in [3.63, 3.8) is 0 Å². The van der Waals surface area contributed by atoms with E-state index in [1.54, 1.807) is 25.1 Å². The Morgan fingerprint density at radius 1 is 1.12 bits per heavy atom. The first-order valence-corrected chi connectivity index (χ1v) is 12.7. The quantitative estimate of drug-likeness (QED) is 0.485. The van der Waals surface area contributed by atoms with E-state index in [2.05, 4.69) is 5.32 Å². The molecule has 0 heterocycles. The van der Waals surface area contributed by atoms with Crippen LogP contribution in [0, 0.1) is 11.6 Å². The largest absolute Gasteiger partial charge is 0.352 e. The predicted molar refractivity (Wildman–Crippen MR) is 129 cm³/mol. The van der Waals surface area contributed by atoms with Crippen LogP contribution in [0.2, 0.25) is 5.02 Å². The molecule has 4 nitrogen and oxygen atoms in total. The van der Waals surface area contributed by atoms with E-state index in [-0.39, 0.29) is 41.7 Å². The fraction of sp³-hybridized carbons (Fsp3) is 0.440. The number of nitrogens with one attached hydrogen (secondary N) is 1. The van der Waals surface area contributed by atoms with Crippen molar-refractivity contribution in [2.75, 3.05) is 5.75 Å². The van der Waals surface area contributed by atoms with Gasteiger partial charge in [-0.2, -0.15) is 0 Å². The summed E-state index contributed by atoms with van der Waals surface area (Å²) in [5.74, 6) is -0.914. The second-order valence-corrected chi connectivity index (χ2v) is 9.75.